The highest BCUT2D eigenvalue weighted by atomic mass is 35.5. The van der Waals surface area contributed by atoms with Crippen molar-refractivity contribution in [3.63, 3.8) is 0 Å². The van der Waals surface area contributed by atoms with E-state index in [4.69, 9.17) is 17.3 Å². The lowest BCUT2D eigenvalue weighted by Gasteiger charge is -2.08. The molecule has 0 aromatic heterocycles. The Balaban J connectivity index is 2.43. The summed E-state index contributed by atoms with van der Waals surface area (Å²) in [5, 5.41) is 0.00159. The number of nitrogens with two attached hydrogens (primary N) is 1. The minimum Gasteiger partial charge on any atom is -0.399 e. The topological polar surface area (TPSA) is 60.2 Å². The molecule has 3 nitrogen and oxygen atoms in total. The molecule has 0 atom stereocenters. The Morgan fingerprint density at radius 1 is 1.10 bits per heavy atom. The molecule has 0 saturated carbocycles. The normalized spacial score (nSPS) is 11.6. The zero-order chi connectivity index (χ0) is 14.9. The summed E-state index contributed by atoms with van der Waals surface area (Å²) in [5.41, 5.74) is 5.62. The molecule has 7 heteroatoms. The number of rotatable bonds is 3. The van der Waals surface area contributed by atoms with Crippen LogP contribution in [0.25, 0.3) is 0 Å². The minimum absolute atomic E-state index is 0.00159. The van der Waals surface area contributed by atoms with Crippen LogP contribution in [0.4, 0.5) is 14.5 Å². The van der Waals surface area contributed by atoms with Crippen LogP contribution in [0.3, 0.4) is 0 Å². The zero-order valence-corrected chi connectivity index (χ0v) is 11.7. The van der Waals surface area contributed by atoms with Crippen LogP contribution in [-0.4, -0.2) is 8.42 Å². The van der Waals surface area contributed by atoms with Gasteiger partial charge in [0.1, 0.15) is 11.6 Å². The molecule has 0 heterocycles. The van der Waals surface area contributed by atoms with Gasteiger partial charge in [-0.15, -0.1) is 0 Å². The molecule has 2 rings (SSSR count). The molecule has 2 aromatic rings. The zero-order valence-electron chi connectivity index (χ0n) is 10.1. The van der Waals surface area contributed by atoms with Crippen LogP contribution in [0.1, 0.15) is 5.56 Å². The van der Waals surface area contributed by atoms with Gasteiger partial charge in [0.25, 0.3) is 0 Å². The van der Waals surface area contributed by atoms with Crippen molar-refractivity contribution >= 4 is 27.1 Å². The van der Waals surface area contributed by atoms with E-state index in [2.05, 4.69) is 0 Å². The van der Waals surface area contributed by atoms with Crippen LogP contribution in [-0.2, 0) is 15.6 Å². The molecule has 0 radical (unpaired) electrons. The Morgan fingerprint density at radius 3 is 2.45 bits per heavy atom. The third-order valence-electron chi connectivity index (χ3n) is 2.65. The fraction of sp³-hybridized carbons (Fsp3) is 0.0769. The minimum atomic E-state index is -3.88. The Kier molecular flexibility index (Phi) is 3.96. The number of sulfone groups is 1. The molecule has 2 N–H and O–H groups in total. The lowest BCUT2D eigenvalue weighted by molar-refractivity contribution is 0.569. The summed E-state index contributed by atoms with van der Waals surface area (Å²) in [6, 6.07) is 6.73. The fourth-order valence-corrected chi connectivity index (χ4v) is 3.63. The number of hydrogen-bond acceptors (Lipinski definition) is 3. The van der Waals surface area contributed by atoms with Crippen LogP contribution in [0, 0.1) is 11.6 Å². The largest absolute Gasteiger partial charge is 0.399 e. The van der Waals surface area contributed by atoms with Gasteiger partial charge in [0.05, 0.1) is 15.7 Å². The highest BCUT2D eigenvalue weighted by molar-refractivity contribution is 7.90. The molecule has 106 valence electrons. The summed E-state index contributed by atoms with van der Waals surface area (Å²) in [7, 11) is -3.88. The smallest absolute Gasteiger partial charge is 0.184 e. The predicted octanol–water partition coefficient (Wildman–Crippen LogP) is 3.17. The second-order valence-electron chi connectivity index (χ2n) is 4.18. The van der Waals surface area contributed by atoms with Crippen molar-refractivity contribution in [2.24, 2.45) is 0 Å². The van der Waals surface area contributed by atoms with Gasteiger partial charge in [-0.1, -0.05) is 17.7 Å². The Labute approximate surface area is 119 Å². The molecule has 2 aromatic carbocycles. The van der Waals surface area contributed by atoms with Gasteiger partial charge in [-0.2, -0.15) is 0 Å². The predicted molar refractivity (Wildman–Crippen MR) is 73.1 cm³/mol. The molecular formula is C13H10ClF2NO2S. The highest BCUT2D eigenvalue weighted by Crippen LogP contribution is 2.27. The van der Waals surface area contributed by atoms with Crippen molar-refractivity contribution in [1.82, 2.24) is 0 Å². The van der Waals surface area contributed by atoms with Gasteiger partial charge in [-0.3, -0.25) is 0 Å². The van der Waals surface area contributed by atoms with E-state index in [1.165, 1.54) is 18.2 Å². The number of nitrogen functional groups attached to an aromatic ring is 1. The molecule has 0 amide bonds. The Hall–Kier alpha value is -1.66. The van der Waals surface area contributed by atoms with E-state index >= 15 is 0 Å². The van der Waals surface area contributed by atoms with Gasteiger partial charge in [0, 0.05) is 17.3 Å². The molecule has 0 spiro atoms. The van der Waals surface area contributed by atoms with E-state index in [1.54, 1.807) is 0 Å². The third kappa shape index (κ3) is 3.08. The first-order chi connectivity index (χ1) is 9.29. The second-order valence-corrected chi connectivity index (χ2v) is 6.55. The van der Waals surface area contributed by atoms with E-state index in [-0.39, 0.29) is 21.2 Å². The van der Waals surface area contributed by atoms with E-state index in [0.29, 0.717) is 6.07 Å². The number of anilines is 1. The van der Waals surface area contributed by atoms with Crippen molar-refractivity contribution in [3.05, 3.63) is 58.6 Å². The van der Waals surface area contributed by atoms with Crippen molar-refractivity contribution in [2.45, 2.75) is 10.6 Å². The number of benzene rings is 2. The van der Waals surface area contributed by atoms with E-state index in [9.17, 15) is 17.2 Å². The standard InChI is InChI=1S/C13H10ClF2NO2S/c14-11-4-3-10(17)6-13(11)20(18,19)7-8-1-2-9(15)5-12(8)16/h1-6H,7,17H2. The van der Waals surface area contributed by atoms with Crippen LogP contribution in [0.5, 0.6) is 0 Å². The van der Waals surface area contributed by atoms with E-state index < -0.39 is 27.2 Å². The summed E-state index contributed by atoms with van der Waals surface area (Å²) >= 11 is 5.82. The van der Waals surface area contributed by atoms with Gasteiger partial charge in [0.15, 0.2) is 9.84 Å². The SMILES string of the molecule is Nc1ccc(Cl)c(S(=O)(=O)Cc2ccc(F)cc2F)c1. The van der Waals surface area contributed by atoms with Crippen LogP contribution in [0.2, 0.25) is 5.02 Å². The maximum atomic E-state index is 13.5. The average molecular weight is 318 g/mol. The summed E-state index contributed by atoms with van der Waals surface area (Å²) in [5.74, 6) is -2.32. The first kappa shape index (κ1) is 14.7. The molecule has 0 bridgehead atoms. The third-order valence-corrected chi connectivity index (χ3v) is 4.79. The first-order valence-corrected chi connectivity index (χ1v) is 7.54. The molecular weight excluding hydrogens is 308 g/mol. The van der Waals surface area contributed by atoms with E-state index in [0.717, 1.165) is 12.1 Å². The monoisotopic (exact) mass is 317 g/mol. The van der Waals surface area contributed by atoms with Gasteiger partial charge in [-0.05, 0) is 24.3 Å². The highest BCUT2D eigenvalue weighted by Gasteiger charge is 2.21. The number of halogens is 3. The summed E-state index contributed by atoms with van der Waals surface area (Å²) in [6.07, 6.45) is 0. The molecule has 0 saturated heterocycles. The molecule has 0 aliphatic heterocycles. The second kappa shape index (κ2) is 5.38. The first-order valence-electron chi connectivity index (χ1n) is 5.51. The maximum Gasteiger partial charge on any atom is 0.184 e. The van der Waals surface area contributed by atoms with Gasteiger partial charge in [0.2, 0.25) is 0 Å². The van der Waals surface area contributed by atoms with Crippen LogP contribution in [0.15, 0.2) is 41.3 Å². The molecule has 0 fully saturated rings. The van der Waals surface area contributed by atoms with Gasteiger partial charge < -0.3 is 5.73 Å². The summed E-state index contributed by atoms with van der Waals surface area (Å²) in [4.78, 5) is -0.178. The Morgan fingerprint density at radius 2 is 1.80 bits per heavy atom. The quantitative estimate of drug-likeness (QED) is 0.884. The lowest BCUT2D eigenvalue weighted by atomic mass is 10.2. The number of hydrogen-bond donors (Lipinski definition) is 1. The molecule has 0 unspecified atom stereocenters. The molecule has 0 aliphatic rings. The van der Waals surface area contributed by atoms with Crippen molar-refractivity contribution in [3.8, 4) is 0 Å². The summed E-state index contributed by atoms with van der Waals surface area (Å²) in [6.45, 7) is 0. The fourth-order valence-electron chi connectivity index (χ4n) is 1.68. The van der Waals surface area contributed by atoms with E-state index in [1.807, 2.05) is 0 Å². The summed E-state index contributed by atoms with van der Waals surface area (Å²) < 4.78 is 50.7. The van der Waals surface area contributed by atoms with Crippen LogP contribution < -0.4 is 5.73 Å². The molecule has 0 aliphatic carbocycles. The van der Waals surface area contributed by atoms with Gasteiger partial charge >= 0.3 is 0 Å². The lowest BCUT2D eigenvalue weighted by Crippen LogP contribution is -2.08. The van der Waals surface area contributed by atoms with Crippen molar-refractivity contribution < 1.29 is 17.2 Å². The average Bonchev–Trinajstić information content (AvgIpc) is 2.35. The van der Waals surface area contributed by atoms with Crippen molar-refractivity contribution in [1.29, 1.82) is 0 Å². The molecule has 20 heavy (non-hydrogen) atoms. The van der Waals surface area contributed by atoms with Crippen LogP contribution >= 0.6 is 11.6 Å². The maximum absolute atomic E-state index is 13.5. The van der Waals surface area contributed by atoms with Crippen molar-refractivity contribution in [2.75, 3.05) is 5.73 Å². The van der Waals surface area contributed by atoms with Gasteiger partial charge in [-0.25, -0.2) is 17.2 Å². The Bertz CT molecular complexity index is 763.